The van der Waals surface area contributed by atoms with Crippen LogP contribution in [-0.4, -0.2) is 47.6 Å². The molecule has 0 aliphatic heterocycles. The Morgan fingerprint density at radius 1 is 1.44 bits per heavy atom. The minimum absolute atomic E-state index is 0.292. The lowest BCUT2D eigenvalue weighted by atomic mass is 10.1. The lowest BCUT2D eigenvalue weighted by molar-refractivity contribution is -0.172. The van der Waals surface area contributed by atoms with Crippen molar-refractivity contribution in [3.05, 3.63) is 11.7 Å². The van der Waals surface area contributed by atoms with E-state index in [1.807, 2.05) is 19.0 Å². The maximum absolute atomic E-state index is 12.2. The Kier molecular flexibility index (Phi) is 4.44. The van der Waals surface area contributed by atoms with Gasteiger partial charge in [0.25, 0.3) is 0 Å². The molecule has 0 radical (unpaired) electrons. The third kappa shape index (κ3) is 3.80. The second-order valence-corrected chi connectivity index (χ2v) is 4.19. The first-order valence-electron chi connectivity index (χ1n) is 5.30. The van der Waals surface area contributed by atoms with E-state index in [4.69, 9.17) is 0 Å². The number of carbonyl (C=O) groups excluding carboxylic acids is 1. The summed E-state index contributed by atoms with van der Waals surface area (Å²) in [4.78, 5) is 16.6. The molecule has 1 unspecified atom stereocenters. The summed E-state index contributed by atoms with van der Waals surface area (Å²) >= 11 is 0. The Balaban J connectivity index is 2.71. The molecule has 1 atom stereocenters. The van der Waals surface area contributed by atoms with Crippen LogP contribution >= 0.6 is 0 Å². The third-order valence-electron chi connectivity index (χ3n) is 2.31. The number of ketones is 1. The van der Waals surface area contributed by atoms with Crippen LogP contribution < -0.4 is 0 Å². The minimum atomic E-state index is -4.89. The Labute approximate surface area is 102 Å². The van der Waals surface area contributed by atoms with Gasteiger partial charge >= 0.3 is 6.18 Å². The maximum atomic E-state index is 12.2. The van der Waals surface area contributed by atoms with Crippen molar-refractivity contribution in [1.82, 2.24) is 15.0 Å². The highest BCUT2D eigenvalue weighted by Crippen LogP contribution is 2.26. The van der Waals surface area contributed by atoms with Crippen molar-refractivity contribution in [1.29, 1.82) is 0 Å². The van der Waals surface area contributed by atoms with Crippen LogP contribution in [0.4, 0.5) is 13.2 Å². The molecule has 0 aliphatic rings. The predicted octanol–water partition coefficient (Wildman–Crippen LogP) is 1.41. The van der Waals surface area contributed by atoms with Gasteiger partial charge in [0, 0.05) is 13.0 Å². The monoisotopic (exact) mass is 265 g/mol. The van der Waals surface area contributed by atoms with Crippen LogP contribution in [0.3, 0.4) is 0 Å². The van der Waals surface area contributed by atoms with Gasteiger partial charge in [0.2, 0.25) is 11.7 Å². The molecule has 0 fully saturated rings. The number of aromatic nitrogens is 2. The minimum Gasteiger partial charge on any atom is -0.339 e. The number of halogens is 3. The van der Waals surface area contributed by atoms with Gasteiger partial charge < -0.3 is 9.42 Å². The Hall–Kier alpha value is -1.44. The van der Waals surface area contributed by atoms with E-state index in [-0.39, 0.29) is 5.89 Å². The van der Waals surface area contributed by atoms with E-state index in [1.165, 1.54) is 0 Å². The SMILES string of the molecule is CC(C(=O)C(F)(F)F)c1nc(CCN(C)C)no1. The van der Waals surface area contributed by atoms with Gasteiger partial charge in [0.1, 0.15) is 5.92 Å². The number of likely N-dealkylation sites (N-methyl/N-ethyl adjacent to an activating group) is 1. The molecule has 0 bridgehead atoms. The van der Waals surface area contributed by atoms with Crippen molar-refractivity contribution in [3.63, 3.8) is 0 Å². The van der Waals surface area contributed by atoms with Crippen molar-refractivity contribution in [3.8, 4) is 0 Å². The number of hydrogen-bond donors (Lipinski definition) is 0. The van der Waals surface area contributed by atoms with E-state index in [9.17, 15) is 18.0 Å². The molecule has 0 amide bonds. The summed E-state index contributed by atoms with van der Waals surface area (Å²) in [6, 6.07) is 0. The quantitative estimate of drug-likeness (QED) is 0.805. The molecule has 18 heavy (non-hydrogen) atoms. The molecule has 102 valence electrons. The molecule has 1 aromatic heterocycles. The van der Waals surface area contributed by atoms with Gasteiger partial charge in [0.05, 0.1) is 0 Å². The van der Waals surface area contributed by atoms with E-state index in [0.29, 0.717) is 18.8 Å². The number of alkyl halides is 3. The van der Waals surface area contributed by atoms with Crippen molar-refractivity contribution < 1.29 is 22.5 Å². The normalized spacial score (nSPS) is 13.9. The van der Waals surface area contributed by atoms with Crippen LogP contribution in [0.1, 0.15) is 24.6 Å². The van der Waals surface area contributed by atoms with Crippen LogP contribution in [0.15, 0.2) is 4.52 Å². The van der Waals surface area contributed by atoms with E-state index in [0.717, 1.165) is 6.92 Å². The first-order valence-corrected chi connectivity index (χ1v) is 5.30. The maximum Gasteiger partial charge on any atom is 0.450 e. The molecule has 0 N–H and O–H groups in total. The van der Waals surface area contributed by atoms with Crippen LogP contribution in [0.2, 0.25) is 0 Å². The van der Waals surface area contributed by atoms with Crippen LogP contribution in [-0.2, 0) is 11.2 Å². The summed E-state index contributed by atoms with van der Waals surface area (Å²) < 4.78 is 41.3. The van der Waals surface area contributed by atoms with Crippen molar-refractivity contribution in [2.75, 3.05) is 20.6 Å². The zero-order valence-corrected chi connectivity index (χ0v) is 10.3. The summed E-state index contributed by atoms with van der Waals surface area (Å²) in [6.07, 6.45) is -4.44. The van der Waals surface area contributed by atoms with Gasteiger partial charge in [-0.15, -0.1) is 0 Å². The molecule has 1 rings (SSSR count). The largest absolute Gasteiger partial charge is 0.450 e. The van der Waals surface area contributed by atoms with Gasteiger partial charge in [0.15, 0.2) is 5.82 Å². The Morgan fingerprint density at radius 2 is 2.06 bits per heavy atom. The second-order valence-electron chi connectivity index (χ2n) is 4.19. The molecule has 0 saturated heterocycles. The van der Waals surface area contributed by atoms with Gasteiger partial charge in [-0.2, -0.15) is 18.2 Å². The van der Waals surface area contributed by atoms with Crippen molar-refractivity contribution in [2.45, 2.75) is 25.4 Å². The molecule has 1 aromatic rings. The highest BCUT2D eigenvalue weighted by molar-refractivity contribution is 5.89. The average molecular weight is 265 g/mol. The van der Waals surface area contributed by atoms with Crippen LogP contribution in [0.5, 0.6) is 0 Å². The highest BCUT2D eigenvalue weighted by atomic mass is 19.4. The number of nitrogens with zero attached hydrogens (tertiary/aromatic N) is 3. The fourth-order valence-corrected chi connectivity index (χ4v) is 1.23. The molecule has 1 heterocycles. The van der Waals surface area contributed by atoms with Gasteiger partial charge in [-0.05, 0) is 21.0 Å². The summed E-state index contributed by atoms with van der Waals surface area (Å²) in [5.74, 6) is -3.36. The standard InChI is InChI=1S/C10H14F3N3O2/c1-6(8(17)10(11,12)13)9-14-7(15-18-9)4-5-16(2)3/h6H,4-5H2,1-3H3. The van der Waals surface area contributed by atoms with E-state index >= 15 is 0 Å². The summed E-state index contributed by atoms with van der Waals surface area (Å²) in [5, 5.41) is 3.54. The second kappa shape index (κ2) is 5.47. The highest BCUT2D eigenvalue weighted by Gasteiger charge is 2.43. The topological polar surface area (TPSA) is 59.2 Å². The lowest BCUT2D eigenvalue weighted by Gasteiger charge is -2.08. The van der Waals surface area contributed by atoms with Gasteiger partial charge in [-0.1, -0.05) is 5.16 Å². The molecule has 0 aromatic carbocycles. The Bertz CT molecular complexity index is 415. The third-order valence-corrected chi connectivity index (χ3v) is 2.31. The number of hydrogen-bond acceptors (Lipinski definition) is 5. The summed E-state index contributed by atoms with van der Waals surface area (Å²) in [7, 11) is 3.69. The first kappa shape index (κ1) is 14.6. The number of carbonyl (C=O) groups is 1. The molecule has 0 spiro atoms. The van der Waals surface area contributed by atoms with Crippen molar-refractivity contribution in [2.24, 2.45) is 0 Å². The van der Waals surface area contributed by atoms with Gasteiger partial charge in [-0.25, -0.2) is 0 Å². The number of rotatable bonds is 5. The summed E-state index contributed by atoms with van der Waals surface area (Å²) in [5.41, 5.74) is 0. The molecular formula is C10H14F3N3O2. The fraction of sp³-hybridized carbons (Fsp3) is 0.700. The molecular weight excluding hydrogens is 251 g/mol. The molecule has 0 aliphatic carbocycles. The molecule has 5 nitrogen and oxygen atoms in total. The average Bonchev–Trinajstić information content (AvgIpc) is 2.71. The predicted molar refractivity (Wildman–Crippen MR) is 56.0 cm³/mol. The zero-order chi connectivity index (χ0) is 13.9. The van der Waals surface area contributed by atoms with E-state index in [1.54, 1.807) is 0 Å². The number of Topliss-reactive ketones (excluding diaryl/α,β-unsaturated/α-hetero) is 1. The summed E-state index contributed by atoms with van der Waals surface area (Å²) in [6.45, 7) is 1.74. The van der Waals surface area contributed by atoms with Crippen LogP contribution in [0, 0.1) is 0 Å². The zero-order valence-electron chi connectivity index (χ0n) is 10.3. The molecule has 0 saturated carbocycles. The fourth-order valence-electron chi connectivity index (χ4n) is 1.23. The Morgan fingerprint density at radius 3 is 2.56 bits per heavy atom. The van der Waals surface area contributed by atoms with Crippen molar-refractivity contribution >= 4 is 5.78 Å². The van der Waals surface area contributed by atoms with E-state index < -0.39 is 17.9 Å². The first-order chi connectivity index (χ1) is 8.21. The van der Waals surface area contributed by atoms with E-state index in [2.05, 4.69) is 14.7 Å². The van der Waals surface area contributed by atoms with Crippen LogP contribution in [0.25, 0.3) is 0 Å². The smallest absolute Gasteiger partial charge is 0.339 e. The lowest BCUT2D eigenvalue weighted by Crippen LogP contribution is -2.27. The molecule has 8 heteroatoms. The van der Waals surface area contributed by atoms with Gasteiger partial charge in [-0.3, -0.25) is 4.79 Å².